The lowest BCUT2D eigenvalue weighted by Gasteiger charge is -2.23. The summed E-state index contributed by atoms with van der Waals surface area (Å²) in [4.78, 5) is 9.92. The lowest BCUT2D eigenvalue weighted by atomic mass is 10.1. The van der Waals surface area contributed by atoms with Crippen LogP contribution in [0.15, 0.2) is 0 Å². The van der Waals surface area contributed by atoms with Crippen molar-refractivity contribution >= 4 is 5.97 Å². The fraction of sp³-hybridized carbons (Fsp3) is 0.800. The molecule has 0 spiro atoms. The second-order valence-corrected chi connectivity index (χ2v) is 2.31. The molecule has 6 nitrogen and oxygen atoms in total. The topological polar surface area (TPSA) is 118 Å². The Morgan fingerprint density at radius 2 is 1.62 bits per heavy atom. The van der Waals surface area contributed by atoms with Crippen molar-refractivity contribution in [3.8, 4) is 0 Å². The van der Waals surface area contributed by atoms with Crippen LogP contribution >= 0.6 is 0 Å². The second-order valence-electron chi connectivity index (χ2n) is 2.31. The summed E-state index contributed by atoms with van der Waals surface area (Å²) in [5.41, 5.74) is 0. The minimum atomic E-state index is -4.67. The average molecular weight is 202 g/mol. The maximum Gasteiger partial charge on any atom is 0.381 e. The summed E-state index contributed by atoms with van der Waals surface area (Å²) in [5, 5.41) is 41.3. The Hall–Kier alpha value is -0.830. The van der Waals surface area contributed by atoms with Crippen LogP contribution in [0.3, 0.4) is 0 Å². The van der Waals surface area contributed by atoms with E-state index in [1.54, 1.807) is 0 Å². The van der Waals surface area contributed by atoms with E-state index in [1.165, 1.54) is 0 Å². The monoisotopic (exact) mass is 202 g/mol. The molecule has 13 heavy (non-hydrogen) atoms. The molecule has 0 aromatic heterocycles. The zero-order valence-electron chi connectivity index (χ0n) is 6.13. The van der Waals surface area contributed by atoms with E-state index in [9.17, 15) is 13.6 Å². The molecule has 0 saturated heterocycles. The molecule has 0 saturated carbocycles. The molecule has 0 radical (unpaired) electrons. The molecular weight excluding hydrogens is 194 g/mol. The van der Waals surface area contributed by atoms with Crippen molar-refractivity contribution in [3.05, 3.63) is 0 Å². The summed E-state index contributed by atoms with van der Waals surface area (Å²) in [6, 6.07) is 0. The Labute approximate surface area is 70.7 Å². The van der Waals surface area contributed by atoms with Crippen molar-refractivity contribution in [2.75, 3.05) is 0 Å². The van der Waals surface area contributed by atoms with E-state index in [0.717, 1.165) is 0 Å². The number of aliphatic carboxylic acids is 1. The fourth-order valence-electron chi connectivity index (χ4n) is 0.524. The van der Waals surface area contributed by atoms with E-state index in [1.807, 2.05) is 0 Å². The lowest BCUT2D eigenvalue weighted by molar-refractivity contribution is -0.285. The second kappa shape index (κ2) is 3.92. The molecule has 0 rings (SSSR count). The van der Waals surface area contributed by atoms with Gasteiger partial charge in [0.15, 0.2) is 12.2 Å². The lowest BCUT2D eigenvalue weighted by Crippen LogP contribution is -2.50. The molecule has 0 bridgehead atoms. The molecule has 0 aromatic carbocycles. The predicted molar refractivity (Wildman–Crippen MR) is 32.8 cm³/mol. The molecule has 0 aliphatic rings. The Bertz CT molecular complexity index is 190. The smallest absolute Gasteiger partial charge is 0.381 e. The number of hydrogen-bond acceptors (Lipinski definition) is 5. The Balaban J connectivity index is 4.42. The molecule has 0 fully saturated rings. The molecule has 8 heteroatoms. The molecule has 5 N–H and O–H groups in total. The minimum Gasteiger partial charge on any atom is -0.479 e. The van der Waals surface area contributed by atoms with Crippen molar-refractivity contribution in [2.45, 2.75) is 24.4 Å². The first-order chi connectivity index (χ1) is 5.68. The largest absolute Gasteiger partial charge is 0.479 e. The number of carbonyl (C=O) groups is 1. The van der Waals surface area contributed by atoms with Gasteiger partial charge in [-0.1, -0.05) is 0 Å². The zero-order valence-corrected chi connectivity index (χ0v) is 6.13. The third kappa shape index (κ3) is 3.19. The summed E-state index contributed by atoms with van der Waals surface area (Å²) in [5.74, 6) is -1.99. The van der Waals surface area contributed by atoms with E-state index >= 15 is 0 Å². The van der Waals surface area contributed by atoms with Crippen LogP contribution in [-0.4, -0.2) is 55.9 Å². The quantitative estimate of drug-likeness (QED) is 0.351. The number of aliphatic hydroxyl groups excluding tert-OH is 3. The molecule has 0 aromatic rings. The summed E-state index contributed by atoms with van der Waals surface area (Å²) in [6.45, 7) is 0. The molecule has 78 valence electrons. The van der Waals surface area contributed by atoms with Gasteiger partial charge in [-0.25, -0.2) is 4.79 Å². The maximum atomic E-state index is 11.8. The molecular formula is C5H8F2O6. The number of hydrogen-bond donors (Lipinski definition) is 5. The number of halogens is 2. The summed E-state index contributed by atoms with van der Waals surface area (Å²) >= 11 is 0. The van der Waals surface area contributed by atoms with Crippen LogP contribution in [0.4, 0.5) is 8.78 Å². The highest BCUT2D eigenvalue weighted by atomic mass is 19.3. The predicted octanol–water partition coefficient (Wildman–Crippen LogP) is -2.26. The fourth-order valence-corrected chi connectivity index (χ4v) is 0.524. The van der Waals surface area contributed by atoms with Crippen LogP contribution in [0, 0.1) is 0 Å². The average Bonchev–Trinajstić information content (AvgIpc) is 1.98. The number of carboxylic acids is 1. The van der Waals surface area contributed by atoms with Crippen molar-refractivity contribution in [3.63, 3.8) is 0 Å². The first-order valence-electron chi connectivity index (χ1n) is 3.05. The van der Waals surface area contributed by atoms with Gasteiger partial charge in [0.2, 0.25) is 0 Å². The van der Waals surface area contributed by atoms with E-state index in [2.05, 4.69) is 0 Å². The van der Waals surface area contributed by atoms with E-state index < -0.39 is 30.4 Å². The van der Waals surface area contributed by atoms with E-state index in [4.69, 9.17) is 25.5 Å². The third-order valence-electron chi connectivity index (χ3n) is 1.26. The summed E-state index contributed by atoms with van der Waals surface area (Å²) in [6.07, 6.45) is -13.0. The van der Waals surface area contributed by atoms with Gasteiger partial charge in [-0.3, -0.25) is 0 Å². The number of alkyl halides is 2. The van der Waals surface area contributed by atoms with Gasteiger partial charge in [0.05, 0.1) is 0 Å². The summed E-state index contributed by atoms with van der Waals surface area (Å²) in [7, 11) is 0. The van der Waals surface area contributed by atoms with Gasteiger partial charge in [0, 0.05) is 0 Å². The number of rotatable bonds is 4. The van der Waals surface area contributed by atoms with Crippen LogP contribution in [0.1, 0.15) is 0 Å². The van der Waals surface area contributed by atoms with Gasteiger partial charge in [-0.05, 0) is 0 Å². The van der Waals surface area contributed by atoms with Gasteiger partial charge >= 0.3 is 12.1 Å². The highest BCUT2D eigenvalue weighted by Crippen LogP contribution is 2.18. The van der Waals surface area contributed by atoms with Crippen LogP contribution in [-0.2, 0) is 4.79 Å². The van der Waals surface area contributed by atoms with Crippen molar-refractivity contribution in [2.24, 2.45) is 0 Å². The standard InChI is InChI=1S/C5H8F2O6/c6-5(7,13)3(10)1(8)2(9)4(11)12/h1-3,8-10,13H,(H,11,12)/t1-,2+,3-/m0/s1. The van der Waals surface area contributed by atoms with Gasteiger partial charge in [-0.15, -0.1) is 0 Å². The highest BCUT2D eigenvalue weighted by Gasteiger charge is 2.45. The Morgan fingerprint density at radius 1 is 1.23 bits per heavy atom. The van der Waals surface area contributed by atoms with E-state index in [0.29, 0.717) is 0 Å². The molecule has 0 aliphatic carbocycles. The first kappa shape index (κ1) is 12.2. The minimum absolute atomic E-state index is 1.99. The van der Waals surface area contributed by atoms with Crippen LogP contribution in [0.2, 0.25) is 0 Å². The van der Waals surface area contributed by atoms with E-state index in [-0.39, 0.29) is 0 Å². The number of aliphatic hydroxyl groups is 4. The van der Waals surface area contributed by atoms with Crippen molar-refractivity contribution < 1.29 is 39.1 Å². The van der Waals surface area contributed by atoms with Crippen LogP contribution < -0.4 is 0 Å². The summed E-state index contributed by atoms with van der Waals surface area (Å²) < 4.78 is 23.7. The molecule has 0 aliphatic heterocycles. The molecule has 0 unspecified atom stereocenters. The van der Waals surface area contributed by atoms with Gasteiger partial charge in [0.25, 0.3) is 0 Å². The van der Waals surface area contributed by atoms with Crippen LogP contribution in [0.5, 0.6) is 0 Å². The van der Waals surface area contributed by atoms with Crippen molar-refractivity contribution in [1.82, 2.24) is 0 Å². The van der Waals surface area contributed by atoms with Crippen LogP contribution in [0.25, 0.3) is 0 Å². The molecule has 0 amide bonds. The zero-order chi connectivity index (χ0) is 10.8. The third-order valence-corrected chi connectivity index (χ3v) is 1.26. The molecule has 0 heterocycles. The Morgan fingerprint density at radius 3 is 1.85 bits per heavy atom. The number of carboxylic acid groups (broad SMARTS) is 1. The Kier molecular flexibility index (Phi) is 3.67. The maximum absolute atomic E-state index is 11.8. The molecule has 3 atom stereocenters. The highest BCUT2D eigenvalue weighted by molar-refractivity contribution is 5.72. The van der Waals surface area contributed by atoms with Gasteiger partial charge < -0.3 is 25.5 Å². The van der Waals surface area contributed by atoms with Crippen molar-refractivity contribution in [1.29, 1.82) is 0 Å². The van der Waals surface area contributed by atoms with Gasteiger partial charge in [0.1, 0.15) is 6.10 Å². The first-order valence-corrected chi connectivity index (χ1v) is 3.05. The van der Waals surface area contributed by atoms with Gasteiger partial charge in [-0.2, -0.15) is 8.78 Å². The SMILES string of the molecule is O=C(O)[C@H](O)[C@H](O)[C@H](O)C(O)(F)F. The normalized spacial score (nSPS) is 19.2.